The number of benzene rings is 1. The van der Waals surface area contributed by atoms with Crippen LogP contribution in [-0.2, 0) is 6.54 Å². The second-order valence-corrected chi connectivity index (χ2v) is 9.09. The Bertz CT molecular complexity index is 1370. The molecule has 8 heteroatoms. The second-order valence-electron chi connectivity index (χ2n) is 9.09. The summed E-state index contributed by atoms with van der Waals surface area (Å²) in [6, 6.07) is 13.3. The Morgan fingerprint density at radius 1 is 1.12 bits per heavy atom. The molecule has 0 saturated heterocycles. The van der Waals surface area contributed by atoms with Crippen LogP contribution >= 0.6 is 0 Å². The van der Waals surface area contributed by atoms with E-state index >= 15 is 0 Å². The fraction of sp³-hybridized carbons (Fsp3) is 0.308. The van der Waals surface area contributed by atoms with Crippen molar-refractivity contribution in [1.29, 1.82) is 0 Å². The SMILES string of the molecule is Cc1noc2nc(-c3ccco3)cc(C(=O)N(Cc3ccc(C(=O)NC4CC4)cc3)C3CC3)c12. The average Bonchev–Trinajstić information content (AvgIpc) is 3.77. The molecular weight excluding hydrogens is 432 g/mol. The molecule has 172 valence electrons. The van der Waals surface area contributed by atoms with Crippen molar-refractivity contribution in [3.63, 3.8) is 0 Å². The van der Waals surface area contributed by atoms with E-state index in [1.807, 2.05) is 36.1 Å². The van der Waals surface area contributed by atoms with Crippen LogP contribution in [0, 0.1) is 6.92 Å². The largest absolute Gasteiger partial charge is 0.463 e. The van der Waals surface area contributed by atoms with Gasteiger partial charge in [-0.05, 0) is 68.5 Å². The molecule has 2 fully saturated rings. The molecule has 34 heavy (non-hydrogen) atoms. The predicted octanol–water partition coefficient (Wildman–Crippen LogP) is 4.49. The topological polar surface area (TPSA) is 101 Å². The highest BCUT2D eigenvalue weighted by Gasteiger charge is 2.35. The first-order chi connectivity index (χ1) is 16.6. The molecule has 8 nitrogen and oxygen atoms in total. The van der Waals surface area contributed by atoms with Crippen molar-refractivity contribution in [2.75, 3.05) is 0 Å². The zero-order valence-corrected chi connectivity index (χ0v) is 18.8. The third kappa shape index (κ3) is 3.96. The Kier molecular flexibility index (Phi) is 4.94. The maximum Gasteiger partial charge on any atom is 0.259 e. The number of pyridine rings is 1. The maximum atomic E-state index is 13.9. The monoisotopic (exact) mass is 456 g/mol. The van der Waals surface area contributed by atoms with Crippen LogP contribution in [0.4, 0.5) is 0 Å². The Morgan fingerprint density at radius 3 is 2.59 bits per heavy atom. The number of furan rings is 1. The van der Waals surface area contributed by atoms with E-state index in [-0.39, 0.29) is 17.9 Å². The predicted molar refractivity (Wildman–Crippen MR) is 124 cm³/mol. The molecule has 3 heterocycles. The molecule has 2 aliphatic carbocycles. The van der Waals surface area contributed by atoms with Crippen LogP contribution in [0.1, 0.15) is 57.7 Å². The summed E-state index contributed by atoms with van der Waals surface area (Å²) in [6.07, 6.45) is 5.61. The highest BCUT2D eigenvalue weighted by atomic mass is 16.5. The van der Waals surface area contributed by atoms with Gasteiger partial charge in [-0.3, -0.25) is 9.59 Å². The number of nitrogens with zero attached hydrogens (tertiary/aromatic N) is 3. The normalized spacial score (nSPS) is 15.4. The van der Waals surface area contributed by atoms with Crippen LogP contribution < -0.4 is 5.32 Å². The number of hydrogen-bond acceptors (Lipinski definition) is 6. The smallest absolute Gasteiger partial charge is 0.259 e. The lowest BCUT2D eigenvalue weighted by Crippen LogP contribution is -2.33. The molecule has 0 spiro atoms. The standard InChI is InChI=1S/C26H24N4O4/c1-15-23-20(13-21(22-3-2-12-33-22)28-25(23)34-29-15)26(32)30(19-10-11-19)14-16-4-6-17(7-5-16)24(31)27-18-8-9-18/h2-7,12-13,18-19H,8-11,14H2,1H3,(H,27,31). The fourth-order valence-electron chi connectivity index (χ4n) is 4.18. The summed E-state index contributed by atoms with van der Waals surface area (Å²) in [5.74, 6) is 0.421. The van der Waals surface area contributed by atoms with Gasteiger partial charge in [0.1, 0.15) is 5.69 Å². The molecule has 3 aromatic heterocycles. The Balaban J connectivity index is 1.30. The van der Waals surface area contributed by atoms with Gasteiger partial charge in [0, 0.05) is 24.2 Å². The molecule has 0 atom stereocenters. The molecule has 2 saturated carbocycles. The molecular formula is C26H24N4O4. The minimum atomic E-state index is -0.0930. The van der Waals surface area contributed by atoms with E-state index in [1.54, 1.807) is 24.5 Å². The summed E-state index contributed by atoms with van der Waals surface area (Å²) in [5.41, 5.74) is 3.58. The first-order valence-corrected chi connectivity index (χ1v) is 11.6. The number of carbonyl (C=O) groups is 2. The minimum absolute atomic E-state index is 0.0447. The third-order valence-electron chi connectivity index (χ3n) is 6.35. The van der Waals surface area contributed by atoms with Gasteiger partial charge in [-0.25, -0.2) is 4.98 Å². The Morgan fingerprint density at radius 2 is 1.91 bits per heavy atom. The number of fused-ring (bicyclic) bond motifs is 1. The molecule has 0 radical (unpaired) electrons. The molecule has 1 aromatic carbocycles. The summed E-state index contributed by atoms with van der Waals surface area (Å²) >= 11 is 0. The van der Waals surface area contributed by atoms with Gasteiger partial charge in [-0.1, -0.05) is 17.3 Å². The number of amides is 2. The Hall–Kier alpha value is -3.94. The van der Waals surface area contributed by atoms with Crippen molar-refractivity contribution >= 4 is 22.9 Å². The van der Waals surface area contributed by atoms with Crippen molar-refractivity contribution < 1.29 is 18.5 Å². The van der Waals surface area contributed by atoms with Gasteiger partial charge in [0.2, 0.25) is 0 Å². The lowest BCUT2D eigenvalue weighted by Gasteiger charge is -2.23. The van der Waals surface area contributed by atoms with Crippen LogP contribution in [0.3, 0.4) is 0 Å². The van der Waals surface area contributed by atoms with E-state index < -0.39 is 0 Å². The van der Waals surface area contributed by atoms with Crippen molar-refractivity contribution in [2.24, 2.45) is 0 Å². The van der Waals surface area contributed by atoms with Crippen molar-refractivity contribution in [3.8, 4) is 11.5 Å². The number of aryl methyl sites for hydroxylation is 1. The summed E-state index contributed by atoms with van der Waals surface area (Å²) in [5, 5.41) is 7.67. The van der Waals surface area contributed by atoms with Crippen LogP contribution in [0.5, 0.6) is 0 Å². The van der Waals surface area contributed by atoms with Gasteiger partial charge in [-0.2, -0.15) is 0 Å². The summed E-state index contributed by atoms with van der Waals surface area (Å²) in [6.45, 7) is 2.27. The summed E-state index contributed by atoms with van der Waals surface area (Å²) in [7, 11) is 0. The molecule has 0 bridgehead atoms. The number of nitrogens with one attached hydrogen (secondary N) is 1. The first-order valence-electron chi connectivity index (χ1n) is 11.6. The third-order valence-corrected chi connectivity index (χ3v) is 6.35. The van der Waals surface area contributed by atoms with Crippen molar-refractivity contribution in [1.82, 2.24) is 20.4 Å². The average molecular weight is 457 g/mol. The van der Waals surface area contributed by atoms with Gasteiger partial charge in [-0.15, -0.1) is 0 Å². The second kappa shape index (κ2) is 8.13. The minimum Gasteiger partial charge on any atom is -0.463 e. The van der Waals surface area contributed by atoms with Crippen LogP contribution in [-0.4, -0.2) is 38.9 Å². The highest BCUT2D eigenvalue weighted by Crippen LogP contribution is 2.33. The van der Waals surface area contributed by atoms with E-state index in [0.717, 1.165) is 31.2 Å². The molecule has 4 aromatic rings. The van der Waals surface area contributed by atoms with E-state index in [1.165, 1.54) is 0 Å². The van der Waals surface area contributed by atoms with E-state index in [4.69, 9.17) is 8.94 Å². The quantitative estimate of drug-likeness (QED) is 0.440. The van der Waals surface area contributed by atoms with Gasteiger partial charge in [0.25, 0.3) is 17.5 Å². The van der Waals surface area contributed by atoms with Crippen molar-refractivity contribution in [3.05, 3.63) is 71.1 Å². The zero-order valence-electron chi connectivity index (χ0n) is 18.8. The molecule has 1 N–H and O–H groups in total. The summed E-state index contributed by atoms with van der Waals surface area (Å²) < 4.78 is 10.9. The summed E-state index contributed by atoms with van der Waals surface area (Å²) in [4.78, 5) is 32.6. The molecule has 6 rings (SSSR count). The number of carbonyl (C=O) groups excluding carboxylic acids is 2. The van der Waals surface area contributed by atoms with E-state index in [0.29, 0.717) is 52.0 Å². The lowest BCUT2D eigenvalue weighted by molar-refractivity contribution is 0.0731. The zero-order chi connectivity index (χ0) is 23.2. The lowest BCUT2D eigenvalue weighted by atomic mass is 10.1. The van der Waals surface area contributed by atoms with E-state index in [9.17, 15) is 9.59 Å². The fourth-order valence-corrected chi connectivity index (χ4v) is 4.18. The maximum absolute atomic E-state index is 13.9. The van der Waals surface area contributed by atoms with Crippen molar-refractivity contribution in [2.45, 2.75) is 51.2 Å². The van der Waals surface area contributed by atoms with Gasteiger partial charge < -0.3 is 19.2 Å². The molecule has 0 aliphatic heterocycles. The van der Waals surface area contributed by atoms with Gasteiger partial charge in [0.15, 0.2) is 5.76 Å². The van der Waals surface area contributed by atoms with Crippen LogP contribution in [0.15, 0.2) is 57.7 Å². The molecule has 0 unspecified atom stereocenters. The van der Waals surface area contributed by atoms with E-state index in [2.05, 4.69) is 15.5 Å². The molecule has 2 amide bonds. The highest BCUT2D eigenvalue weighted by molar-refractivity contribution is 6.07. The molecule has 2 aliphatic rings. The Labute approximate surface area is 195 Å². The number of rotatable bonds is 7. The van der Waals surface area contributed by atoms with Gasteiger partial charge >= 0.3 is 0 Å². The first kappa shape index (κ1) is 20.7. The van der Waals surface area contributed by atoms with Crippen LogP contribution in [0.2, 0.25) is 0 Å². The number of hydrogen-bond donors (Lipinski definition) is 1. The van der Waals surface area contributed by atoms with Crippen LogP contribution in [0.25, 0.3) is 22.6 Å². The van der Waals surface area contributed by atoms with Gasteiger partial charge in [0.05, 0.1) is 22.9 Å². The number of aromatic nitrogens is 2.